The quantitative estimate of drug-likeness (QED) is 0.863. The molecule has 1 aromatic rings. The number of sulfone groups is 1. The van der Waals surface area contributed by atoms with Crippen molar-refractivity contribution in [2.45, 2.75) is 30.4 Å². The van der Waals surface area contributed by atoms with Gasteiger partial charge in [0, 0.05) is 27.1 Å². The third-order valence-electron chi connectivity index (χ3n) is 3.78. The summed E-state index contributed by atoms with van der Waals surface area (Å²) in [6.07, 6.45) is 0.211. The van der Waals surface area contributed by atoms with Gasteiger partial charge in [-0.3, -0.25) is 9.59 Å². The summed E-state index contributed by atoms with van der Waals surface area (Å²) >= 11 is 0. The van der Waals surface area contributed by atoms with Gasteiger partial charge in [-0.05, 0) is 25.0 Å². The fourth-order valence-electron chi connectivity index (χ4n) is 2.58. The Morgan fingerprint density at radius 3 is 2.68 bits per heavy atom. The van der Waals surface area contributed by atoms with Crippen molar-refractivity contribution in [3.05, 3.63) is 29.3 Å². The zero-order valence-corrected chi connectivity index (χ0v) is 13.7. The number of carbonyl (C=O) groups is 2. The summed E-state index contributed by atoms with van der Waals surface area (Å²) in [6.45, 7) is 3.86. The zero-order chi connectivity index (χ0) is 16.5. The molecule has 0 saturated heterocycles. The van der Waals surface area contributed by atoms with Gasteiger partial charge in [-0.15, -0.1) is 0 Å². The lowest BCUT2D eigenvalue weighted by Gasteiger charge is -2.20. The Balaban J connectivity index is 2.14. The lowest BCUT2D eigenvalue weighted by atomic mass is 10.1. The molecule has 0 radical (unpaired) electrons. The maximum atomic E-state index is 12.5. The monoisotopic (exact) mass is 324 g/mol. The average molecular weight is 324 g/mol. The summed E-state index contributed by atoms with van der Waals surface area (Å²) in [5, 5.41) is 1.52. The third-order valence-corrected chi connectivity index (χ3v) is 5.90. The molecule has 1 aliphatic heterocycles. The molecule has 1 N–H and O–H groups in total. The Hall–Kier alpha value is -1.89. The highest BCUT2D eigenvalue weighted by molar-refractivity contribution is 7.93. The predicted molar refractivity (Wildman–Crippen MR) is 82.2 cm³/mol. The second kappa shape index (κ2) is 6.08. The highest BCUT2D eigenvalue weighted by Crippen LogP contribution is 2.32. The van der Waals surface area contributed by atoms with Crippen LogP contribution in [-0.2, 0) is 25.8 Å². The van der Waals surface area contributed by atoms with E-state index in [1.165, 1.54) is 11.8 Å². The van der Waals surface area contributed by atoms with E-state index >= 15 is 0 Å². The molecular formula is C15H20N2O4S. The van der Waals surface area contributed by atoms with Crippen LogP contribution < -0.4 is 5.32 Å². The van der Waals surface area contributed by atoms with E-state index in [0.717, 1.165) is 5.56 Å². The molecule has 1 heterocycles. The number of aryl methyl sites for hydroxylation is 1. The van der Waals surface area contributed by atoms with E-state index in [0.29, 0.717) is 12.1 Å². The molecule has 0 aromatic heterocycles. The second-order valence-corrected chi connectivity index (χ2v) is 7.69. The van der Waals surface area contributed by atoms with Crippen molar-refractivity contribution in [3.8, 4) is 0 Å². The molecule has 1 atom stereocenters. The molecule has 0 fully saturated rings. The lowest BCUT2D eigenvalue weighted by Crippen LogP contribution is -2.43. The molecule has 0 aliphatic carbocycles. The van der Waals surface area contributed by atoms with Crippen LogP contribution in [0.4, 0.5) is 0 Å². The molecule has 22 heavy (non-hydrogen) atoms. The van der Waals surface area contributed by atoms with Gasteiger partial charge in [0.05, 0.1) is 4.90 Å². The van der Waals surface area contributed by atoms with Crippen LogP contribution in [0.5, 0.6) is 0 Å². The van der Waals surface area contributed by atoms with Crippen molar-refractivity contribution in [1.29, 1.82) is 0 Å². The number of amides is 2. The maximum absolute atomic E-state index is 12.5. The summed E-state index contributed by atoms with van der Waals surface area (Å²) in [7, 11) is -2.08. The van der Waals surface area contributed by atoms with Gasteiger partial charge in [-0.2, -0.15) is 0 Å². The van der Waals surface area contributed by atoms with Gasteiger partial charge in [0.25, 0.3) is 0 Å². The zero-order valence-electron chi connectivity index (χ0n) is 12.9. The van der Waals surface area contributed by atoms with Gasteiger partial charge < -0.3 is 10.2 Å². The number of rotatable bonds is 4. The van der Waals surface area contributed by atoms with Gasteiger partial charge in [0.1, 0.15) is 5.25 Å². The van der Waals surface area contributed by atoms with E-state index in [1.54, 1.807) is 19.2 Å². The number of hydrogen-bond acceptors (Lipinski definition) is 4. The van der Waals surface area contributed by atoms with Crippen molar-refractivity contribution >= 4 is 21.7 Å². The number of hydrogen-bond donors (Lipinski definition) is 1. The summed E-state index contributed by atoms with van der Waals surface area (Å²) < 4.78 is 25.0. The number of carbonyl (C=O) groups excluding carboxylic acids is 2. The highest BCUT2D eigenvalue weighted by atomic mass is 32.2. The van der Waals surface area contributed by atoms with Crippen molar-refractivity contribution in [2.24, 2.45) is 0 Å². The smallest absolute Gasteiger partial charge is 0.241 e. The number of benzene rings is 1. The SMILES string of the molecule is CC(=O)NCCN(C)C(=O)C1Cc2cc(C)ccc2S1(=O)=O. The van der Waals surface area contributed by atoms with E-state index < -0.39 is 21.0 Å². The first kappa shape index (κ1) is 16.5. The molecule has 0 bridgehead atoms. The lowest BCUT2D eigenvalue weighted by molar-refractivity contribution is -0.129. The first-order chi connectivity index (χ1) is 10.2. The number of fused-ring (bicyclic) bond motifs is 1. The van der Waals surface area contributed by atoms with Crippen molar-refractivity contribution in [1.82, 2.24) is 10.2 Å². The first-order valence-electron chi connectivity index (χ1n) is 7.06. The Kier molecular flexibility index (Phi) is 4.55. The molecule has 1 aliphatic rings. The topological polar surface area (TPSA) is 83.6 Å². The molecule has 0 saturated carbocycles. The standard InChI is InChI=1S/C15H20N2O4S/c1-10-4-5-13-12(8-10)9-14(22(13,20)21)15(19)17(3)7-6-16-11(2)18/h4-5,8,14H,6-7,9H2,1-3H3,(H,16,18). The van der Waals surface area contributed by atoms with Crippen LogP contribution in [0.15, 0.2) is 23.1 Å². The Morgan fingerprint density at radius 2 is 2.05 bits per heavy atom. The summed E-state index contributed by atoms with van der Waals surface area (Å²) in [5.41, 5.74) is 1.68. The molecule has 2 rings (SSSR count). The molecular weight excluding hydrogens is 304 g/mol. The van der Waals surface area contributed by atoms with Crippen LogP contribution in [-0.4, -0.2) is 50.5 Å². The molecule has 1 unspecified atom stereocenters. The Labute approximate surface area is 130 Å². The van der Waals surface area contributed by atoms with Crippen molar-refractivity contribution in [2.75, 3.05) is 20.1 Å². The van der Waals surface area contributed by atoms with Gasteiger partial charge in [0.2, 0.25) is 11.8 Å². The molecule has 2 amide bonds. The van der Waals surface area contributed by atoms with Gasteiger partial charge in [-0.25, -0.2) is 8.42 Å². The normalized spacial score (nSPS) is 18.6. The largest absolute Gasteiger partial charge is 0.355 e. The summed E-state index contributed by atoms with van der Waals surface area (Å²) in [4.78, 5) is 24.9. The minimum atomic E-state index is -3.63. The number of nitrogens with one attached hydrogen (secondary N) is 1. The van der Waals surface area contributed by atoms with Crippen LogP contribution in [0.25, 0.3) is 0 Å². The molecule has 6 nitrogen and oxygen atoms in total. The van der Waals surface area contributed by atoms with Crippen molar-refractivity contribution in [3.63, 3.8) is 0 Å². The van der Waals surface area contributed by atoms with E-state index in [-0.39, 0.29) is 23.8 Å². The van der Waals surface area contributed by atoms with E-state index in [4.69, 9.17) is 0 Å². The van der Waals surface area contributed by atoms with E-state index in [9.17, 15) is 18.0 Å². The highest BCUT2D eigenvalue weighted by Gasteiger charge is 2.42. The fraction of sp³-hybridized carbons (Fsp3) is 0.467. The predicted octanol–water partition coefficient (Wildman–Crippen LogP) is 0.288. The Bertz CT molecular complexity index is 712. The molecule has 120 valence electrons. The van der Waals surface area contributed by atoms with Crippen LogP contribution in [0.2, 0.25) is 0 Å². The summed E-state index contributed by atoms with van der Waals surface area (Å²) in [6, 6.07) is 5.13. The van der Waals surface area contributed by atoms with Crippen LogP contribution in [0.1, 0.15) is 18.1 Å². The number of nitrogens with zero attached hydrogens (tertiary/aromatic N) is 1. The summed E-state index contributed by atoms with van der Waals surface area (Å²) in [5.74, 6) is -0.614. The number of likely N-dealkylation sites (N-methyl/N-ethyl adjacent to an activating group) is 1. The van der Waals surface area contributed by atoms with Gasteiger partial charge in [0.15, 0.2) is 9.84 Å². The first-order valence-corrected chi connectivity index (χ1v) is 8.61. The average Bonchev–Trinajstić information content (AvgIpc) is 2.68. The Morgan fingerprint density at radius 1 is 1.36 bits per heavy atom. The molecule has 7 heteroatoms. The minimum Gasteiger partial charge on any atom is -0.355 e. The third kappa shape index (κ3) is 3.14. The molecule has 1 aromatic carbocycles. The molecule has 0 spiro atoms. The minimum absolute atomic E-state index is 0.183. The van der Waals surface area contributed by atoms with E-state index in [1.807, 2.05) is 13.0 Å². The van der Waals surface area contributed by atoms with Gasteiger partial charge in [-0.1, -0.05) is 17.7 Å². The van der Waals surface area contributed by atoms with Crippen molar-refractivity contribution < 1.29 is 18.0 Å². The maximum Gasteiger partial charge on any atom is 0.241 e. The fourth-order valence-corrected chi connectivity index (χ4v) is 4.50. The van der Waals surface area contributed by atoms with Crippen LogP contribution in [0, 0.1) is 6.92 Å². The van der Waals surface area contributed by atoms with Crippen LogP contribution in [0.3, 0.4) is 0 Å². The second-order valence-electron chi connectivity index (χ2n) is 5.59. The van der Waals surface area contributed by atoms with Crippen LogP contribution >= 0.6 is 0 Å². The van der Waals surface area contributed by atoms with E-state index in [2.05, 4.69) is 5.32 Å². The van der Waals surface area contributed by atoms with Gasteiger partial charge >= 0.3 is 0 Å².